The minimum Gasteiger partial charge on any atom is -0.425 e. The Morgan fingerprint density at radius 3 is 0.882 bits per heavy atom. The predicted molar refractivity (Wildman–Crippen MR) is 59.9 cm³/mol. The molecule has 0 N–H and O–H groups in total. The summed E-state index contributed by atoms with van der Waals surface area (Å²) in [4.78, 5) is 0. The Balaban J connectivity index is 5.94. The van der Waals surface area contributed by atoms with Gasteiger partial charge in [0.1, 0.15) is 0 Å². The van der Waals surface area contributed by atoms with Crippen LogP contribution in [-0.2, 0) is 18.9 Å². The van der Waals surface area contributed by atoms with E-state index in [4.69, 9.17) is 0 Å². The molecule has 0 fully saturated rings. The molecular formula is C11H3F19O4. The number of allylic oxidation sites excluding steroid dienone is 1. The molecule has 0 unspecified atom stereocenters. The van der Waals surface area contributed by atoms with E-state index in [0.717, 1.165) is 0 Å². The zero-order chi connectivity index (χ0) is 28.0. The monoisotopic (exact) mass is 560 g/mol. The third kappa shape index (κ3) is 6.82. The quantitative estimate of drug-likeness (QED) is 0.204. The van der Waals surface area contributed by atoms with E-state index in [1.165, 1.54) is 14.2 Å². The van der Waals surface area contributed by atoms with Crippen molar-refractivity contribution in [2.45, 2.75) is 55.9 Å². The van der Waals surface area contributed by atoms with Crippen molar-refractivity contribution in [3.8, 4) is 0 Å². The lowest BCUT2D eigenvalue weighted by molar-refractivity contribution is -0.576. The highest BCUT2D eigenvalue weighted by Gasteiger charge is 2.78. The Bertz CT molecular complexity index is 750. The van der Waals surface area contributed by atoms with Gasteiger partial charge in [-0.25, -0.2) is 14.2 Å². The average molecular weight is 560 g/mol. The first-order valence-electron chi connectivity index (χ1n) is 6.97. The highest BCUT2D eigenvalue weighted by molar-refractivity contribution is 4.90. The summed E-state index contributed by atoms with van der Waals surface area (Å²) in [6.45, 7) is -0.214. The van der Waals surface area contributed by atoms with Crippen molar-refractivity contribution in [3.05, 3.63) is 11.8 Å². The van der Waals surface area contributed by atoms with Crippen LogP contribution in [0, 0.1) is 0 Å². The second-order valence-electron chi connectivity index (χ2n) is 5.34. The van der Waals surface area contributed by atoms with E-state index >= 15 is 0 Å². The topological polar surface area (TPSA) is 36.9 Å². The van der Waals surface area contributed by atoms with Crippen molar-refractivity contribution >= 4 is 0 Å². The van der Waals surface area contributed by atoms with Crippen LogP contribution in [0.2, 0.25) is 0 Å². The van der Waals surface area contributed by atoms with Crippen LogP contribution >= 0.6 is 0 Å². The molecule has 0 aliphatic rings. The first-order valence-corrected chi connectivity index (χ1v) is 6.97. The fourth-order valence-electron chi connectivity index (χ4n) is 1.13. The molecule has 0 saturated carbocycles. The third-order valence-electron chi connectivity index (χ3n) is 2.66. The van der Waals surface area contributed by atoms with Crippen LogP contribution < -0.4 is 0 Å². The van der Waals surface area contributed by atoms with Crippen LogP contribution in [0.4, 0.5) is 83.4 Å². The van der Waals surface area contributed by atoms with Gasteiger partial charge in [-0.2, -0.15) is 83.4 Å². The van der Waals surface area contributed by atoms with Crippen molar-refractivity contribution in [2.75, 3.05) is 0 Å². The van der Waals surface area contributed by atoms with E-state index in [1.54, 1.807) is 0 Å². The average Bonchev–Trinajstić information content (AvgIpc) is 2.49. The fourth-order valence-corrected chi connectivity index (χ4v) is 1.13. The Morgan fingerprint density at radius 1 is 0.412 bits per heavy atom. The van der Waals surface area contributed by atoms with Gasteiger partial charge in [-0.1, -0.05) is 0 Å². The van der Waals surface area contributed by atoms with Crippen molar-refractivity contribution in [2.24, 2.45) is 0 Å². The molecule has 0 aromatic carbocycles. The summed E-state index contributed by atoms with van der Waals surface area (Å²) >= 11 is 0. The minimum atomic E-state index is -7.67. The fraction of sp³-hybridized carbons (Fsp3) is 0.818. The van der Waals surface area contributed by atoms with Gasteiger partial charge in [0.25, 0.3) is 0 Å². The number of alkyl halides is 17. The molecule has 34 heavy (non-hydrogen) atoms. The van der Waals surface area contributed by atoms with Crippen LogP contribution in [-0.4, -0.2) is 48.9 Å². The lowest BCUT2D eigenvalue weighted by Gasteiger charge is -2.35. The summed E-state index contributed by atoms with van der Waals surface area (Å²) in [5, 5.41) is 0. The molecular weight excluding hydrogens is 557 g/mol. The van der Waals surface area contributed by atoms with E-state index in [1.807, 2.05) is 0 Å². The lowest BCUT2D eigenvalue weighted by atomic mass is 10.4. The molecule has 0 aliphatic heterocycles. The Labute approximate surface area is 171 Å². The molecule has 4 nitrogen and oxygen atoms in total. The number of rotatable bonds is 11. The SMILES string of the molecule is CC(OC(F)(F)C(F)(F)OC(F)(F)C(F)(F)OC(F)(F)C(F)(F)OC(F)(F)C(F)(F)F)=C(F)F. The largest absolute Gasteiger partial charge is 0.494 e. The molecule has 0 radical (unpaired) electrons. The maximum Gasteiger partial charge on any atom is 0.494 e. The summed E-state index contributed by atoms with van der Waals surface area (Å²) in [5.74, 6) is -2.45. The molecule has 0 spiro atoms. The Morgan fingerprint density at radius 2 is 0.647 bits per heavy atom. The van der Waals surface area contributed by atoms with Gasteiger partial charge in [-0.15, -0.1) is 0 Å². The van der Waals surface area contributed by atoms with E-state index in [2.05, 4.69) is 4.74 Å². The predicted octanol–water partition coefficient (Wildman–Crippen LogP) is 6.89. The summed E-state index contributed by atoms with van der Waals surface area (Å²) in [5.41, 5.74) is 0. The van der Waals surface area contributed by atoms with Gasteiger partial charge in [0.05, 0.1) is 0 Å². The second kappa shape index (κ2) is 8.95. The zero-order valence-corrected chi connectivity index (χ0v) is 14.8. The van der Waals surface area contributed by atoms with Crippen molar-refractivity contribution in [1.82, 2.24) is 0 Å². The Hall–Kier alpha value is -1.91. The molecule has 0 amide bonds. The first kappa shape index (κ1) is 32.1. The third-order valence-corrected chi connectivity index (χ3v) is 2.66. The van der Waals surface area contributed by atoms with Crippen LogP contribution in [0.5, 0.6) is 0 Å². The maximum atomic E-state index is 13.1. The van der Waals surface area contributed by atoms with Crippen LogP contribution in [0.25, 0.3) is 0 Å². The van der Waals surface area contributed by atoms with Crippen molar-refractivity contribution < 1.29 is 102 Å². The smallest absolute Gasteiger partial charge is 0.425 e. The molecule has 0 bridgehead atoms. The van der Waals surface area contributed by atoms with Crippen LogP contribution in [0.3, 0.4) is 0 Å². The van der Waals surface area contributed by atoms with E-state index in [0.29, 0.717) is 0 Å². The van der Waals surface area contributed by atoms with Gasteiger partial charge < -0.3 is 4.74 Å². The normalized spacial score (nSPS) is 15.4. The number of halogens is 19. The summed E-state index contributed by atoms with van der Waals surface area (Å²) < 4.78 is 246. The van der Waals surface area contributed by atoms with Gasteiger partial charge in [-0.3, -0.25) is 0 Å². The highest BCUT2D eigenvalue weighted by atomic mass is 19.4. The van der Waals surface area contributed by atoms with E-state index in [-0.39, 0.29) is 6.92 Å². The highest BCUT2D eigenvalue weighted by Crippen LogP contribution is 2.51. The van der Waals surface area contributed by atoms with Gasteiger partial charge in [-0.05, 0) is 6.92 Å². The molecule has 0 aromatic heterocycles. The molecule has 204 valence electrons. The van der Waals surface area contributed by atoms with E-state index in [9.17, 15) is 83.4 Å². The summed E-state index contributed by atoms with van der Waals surface area (Å²) in [6, 6.07) is 0. The molecule has 0 saturated heterocycles. The van der Waals surface area contributed by atoms with Gasteiger partial charge in [0, 0.05) is 0 Å². The van der Waals surface area contributed by atoms with Crippen molar-refractivity contribution in [3.63, 3.8) is 0 Å². The Kier molecular flexibility index (Phi) is 8.44. The molecule has 0 rings (SSSR count). The molecule has 0 aliphatic carbocycles. The van der Waals surface area contributed by atoms with E-state index < -0.39 is 60.8 Å². The molecule has 0 heterocycles. The van der Waals surface area contributed by atoms with Gasteiger partial charge in [0.2, 0.25) is 0 Å². The molecule has 0 atom stereocenters. The summed E-state index contributed by atoms with van der Waals surface area (Å²) in [7, 11) is 0. The first-order chi connectivity index (χ1) is 14.4. The van der Waals surface area contributed by atoms with Crippen molar-refractivity contribution in [1.29, 1.82) is 0 Å². The second-order valence-corrected chi connectivity index (χ2v) is 5.34. The van der Waals surface area contributed by atoms with Gasteiger partial charge >= 0.3 is 55.0 Å². The number of hydrogen-bond acceptors (Lipinski definition) is 4. The zero-order valence-electron chi connectivity index (χ0n) is 14.8. The lowest BCUT2D eigenvalue weighted by Crippen LogP contribution is -2.60. The number of ether oxygens (including phenoxy) is 4. The van der Waals surface area contributed by atoms with Crippen LogP contribution in [0.15, 0.2) is 11.8 Å². The standard InChI is InChI=1S/C11H3F19O4/c1-2(3(12)13)31-6(19,20)7(21,22)33-10(27,28)11(29,30)34-9(25,26)8(23,24)32-5(17,18)4(14,15)16/h1H3. The minimum absolute atomic E-state index is 0.214. The molecule has 23 heteroatoms. The number of hydrogen-bond donors (Lipinski definition) is 0. The maximum absolute atomic E-state index is 13.1. The van der Waals surface area contributed by atoms with Gasteiger partial charge in [0.15, 0.2) is 5.76 Å². The van der Waals surface area contributed by atoms with Crippen LogP contribution in [0.1, 0.15) is 6.92 Å². The summed E-state index contributed by atoms with van der Waals surface area (Å²) in [6.07, 6.45) is -62.3. The molecule has 0 aromatic rings.